The van der Waals surface area contributed by atoms with E-state index < -0.39 is 0 Å². The molecule has 0 radical (unpaired) electrons. The molecule has 2 aromatic heterocycles. The first-order valence-corrected chi connectivity index (χ1v) is 10.8. The van der Waals surface area contributed by atoms with Crippen LogP contribution in [0.4, 0.5) is 11.5 Å². The summed E-state index contributed by atoms with van der Waals surface area (Å²) in [6.45, 7) is 3.75. The number of aryl methyl sites for hydroxylation is 2. The molecule has 2 atom stereocenters. The summed E-state index contributed by atoms with van der Waals surface area (Å²) in [5, 5.41) is 9.99. The molecule has 162 valence electrons. The largest absolute Gasteiger partial charge is 0.383 e. The second-order valence-corrected chi connectivity index (χ2v) is 8.21. The Morgan fingerprint density at radius 1 is 1.32 bits per heavy atom. The van der Waals surface area contributed by atoms with Crippen LogP contribution in [0.1, 0.15) is 36.9 Å². The van der Waals surface area contributed by atoms with E-state index in [9.17, 15) is 5.26 Å². The van der Waals surface area contributed by atoms with E-state index in [1.165, 1.54) is 5.56 Å². The maximum Gasteiger partial charge on any atom is 0.134 e. The molecule has 7 heteroatoms. The highest BCUT2D eigenvalue weighted by atomic mass is 16.5. The minimum Gasteiger partial charge on any atom is -0.383 e. The number of benzene rings is 1. The lowest BCUT2D eigenvalue weighted by atomic mass is 9.99. The van der Waals surface area contributed by atoms with Crippen LogP contribution in [0.2, 0.25) is 0 Å². The second-order valence-electron chi connectivity index (χ2n) is 8.21. The van der Waals surface area contributed by atoms with Crippen molar-refractivity contribution in [2.24, 2.45) is 7.05 Å². The van der Waals surface area contributed by atoms with E-state index in [1.54, 1.807) is 13.4 Å². The van der Waals surface area contributed by atoms with Crippen molar-refractivity contribution in [3.63, 3.8) is 0 Å². The van der Waals surface area contributed by atoms with Gasteiger partial charge in [-0.1, -0.05) is 19.1 Å². The average molecular weight is 419 g/mol. The van der Waals surface area contributed by atoms with Gasteiger partial charge in [0.2, 0.25) is 0 Å². The molecule has 3 aromatic rings. The number of rotatable bonds is 7. The molecule has 3 heterocycles. The van der Waals surface area contributed by atoms with Gasteiger partial charge in [-0.15, -0.1) is 0 Å². The molecule has 0 spiro atoms. The summed E-state index contributed by atoms with van der Waals surface area (Å²) in [5.41, 5.74) is 5.30. The van der Waals surface area contributed by atoms with Crippen LogP contribution >= 0.6 is 0 Å². The first-order valence-electron chi connectivity index (χ1n) is 10.8. The predicted molar refractivity (Wildman–Crippen MR) is 122 cm³/mol. The van der Waals surface area contributed by atoms with Gasteiger partial charge >= 0.3 is 0 Å². The first kappa shape index (κ1) is 21.3. The molecule has 1 unspecified atom stereocenters. The summed E-state index contributed by atoms with van der Waals surface area (Å²) in [5.74, 6) is 0.870. The molecule has 1 saturated heterocycles. The number of hydrogen-bond donors (Lipinski definition) is 0. The second kappa shape index (κ2) is 9.04. The molecule has 1 aliphatic heterocycles. The van der Waals surface area contributed by atoms with Crippen molar-refractivity contribution >= 4 is 22.5 Å². The van der Waals surface area contributed by atoms with Crippen molar-refractivity contribution in [1.82, 2.24) is 19.4 Å². The third-order valence-corrected chi connectivity index (χ3v) is 6.34. The van der Waals surface area contributed by atoms with Crippen molar-refractivity contribution in [1.29, 1.82) is 5.26 Å². The zero-order valence-corrected chi connectivity index (χ0v) is 18.7. The number of pyridine rings is 1. The van der Waals surface area contributed by atoms with Crippen LogP contribution in [0.3, 0.4) is 0 Å². The van der Waals surface area contributed by atoms with E-state index in [2.05, 4.69) is 57.0 Å². The molecule has 7 nitrogen and oxygen atoms in total. The summed E-state index contributed by atoms with van der Waals surface area (Å²) in [4.78, 5) is 13.4. The lowest BCUT2D eigenvalue weighted by Crippen LogP contribution is -2.35. The Morgan fingerprint density at radius 2 is 2.16 bits per heavy atom. The van der Waals surface area contributed by atoms with Gasteiger partial charge in [0.1, 0.15) is 17.4 Å². The minimum atomic E-state index is -0.253. The average Bonchev–Trinajstić information content (AvgIpc) is 3.40. The van der Waals surface area contributed by atoms with Crippen molar-refractivity contribution in [2.75, 3.05) is 32.2 Å². The molecule has 0 N–H and O–H groups in total. The van der Waals surface area contributed by atoms with Crippen LogP contribution < -0.4 is 4.90 Å². The summed E-state index contributed by atoms with van der Waals surface area (Å²) < 4.78 is 7.40. The zero-order chi connectivity index (χ0) is 22.0. The van der Waals surface area contributed by atoms with Crippen molar-refractivity contribution < 1.29 is 4.74 Å². The maximum absolute atomic E-state index is 9.99. The van der Waals surface area contributed by atoms with Gasteiger partial charge in [-0.2, -0.15) is 5.26 Å². The Bertz CT molecular complexity index is 1100. The molecular formula is C24H30N6O. The van der Waals surface area contributed by atoms with Gasteiger partial charge < -0.3 is 14.2 Å². The monoisotopic (exact) mass is 418 g/mol. The van der Waals surface area contributed by atoms with Crippen LogP contribution in [-0.2, 0) is 18.2 Å². The summed E-state index contributed by atoms with van der Waals surface area (Å²) in [7, 11) is 5.76. The highest BCUT2D eigenvalue weighted by Gasteiger charge is 2.32. The third-order valence-electron chi connectivity index (χ3n) is 6.34. The highest BCUT2D eigenvalue weighted by Crippen LogP contribution is 2.34. The van der Waals surface area contributed by atoms with E-state index in [0.717, 1.165) is 53.9 Å². The van der Waals surface area contributed by atoms with Crippen LogP contribution in [0.25, 0.3) is 11.0 Å². The number of hydrogen-bond acceptors (Lipinski definition) is 6. The van der Waals surface area contributed by atoms with E-state index in [4.69, 9.17) is 4.74 Å². The van der Waals surface area contributed by atoms with Gasteiger partial charge in [0.05, 0.1) is 30.7 Å². The Kier molecular flexibility index (Phi) is 6.21. The van der Waals surface area contributed by atoms with Crippen molar-refractivity contribution in [3.05, 3.63) is 47.9 Å². The normalized spacial score (nSPS) is 17.7. The number of fused-ring (bicyclic) bond motifs is 1. The molecule has 1 fully saturated rings. The molecule has 0 aliphatic carbocycles. The molecule has 0 bridgehead atoms. The molecule has 1 aliphatic rings. The quantitative estimate of drug-likeness (QED) is 0.578. The number of ether oxygens (including phenoxy) is 1. The Labute approximate surface area is 183 Å². The van der Waals surface area contributed by atoms with Crippen LogP contribution in [0.5, 0.6) is 0 Å². The number of nitriles is 1. The summed E-state index contributed by atoms with van der Waals surface area (Å²) in [6.07, 6.45) is 6.68. The molecule has 31 heavy (non-hydrogen) atoms. The number of anilines is 2. The molecular weight excluding hydrogens is 388 g/mol. The van der Waals surface area contributed by atoms with Crippen molar-refractivity contribution in [3.8, 4) is 6.07 Å². The van der Waals surface area contributed by atoms with Gasteiger partial charge in [0.25, 0.3) is 0 Å². The van der Waals surface area contributed by atoms with Crippen LogP contribution in [0, 0.1) is 11.3 Å². The predicted octanol–water partition coefficient (Wildman–Crippen LogP) is 3.97. The number of methoxy groups -OCH3 is 1. The summed E-state index contributed by atoms with van der Waals surface area (Å²) >= 11 is 0. The van der Waals surface area contributed by atoms with Gasteiger partial charge in [0.15, 0.2) is 0 Å². The smallest absolute Gasteiger partial charge is 0.134 e. The van der Waals surface area contributed by atoms with E-state index >= 15 is 0 Å². The zero-order valence-electron chi connectivity index (χ0n) is 18.7. The van der Waals surface area contributed by atoms with E-state index in [-0.39, 0.29) is 6.04 Å². The lowest BCUT2D eigenvalue weighted by molar-refractivity contribution is 0.102. The van der Waals surface area contributed by atoms with Crippen molar-refractivity contribution in [2.45, 2.75) is 38.3 Å². The number of likely N-dealkylation sites (tertiary alicyclic amines) is 1. The topological polar surface area (TPSA) is 70.2 Å². The Hall–Kier alpha value is -2.95. The molecule has 0 amide bonds. The Morgan fingerprint density at radius 3 is 2.90 bits per heavy atom. The fraction of sp³-hybridized carbons (Fsp3) is 0.458. The van der Waals surface area contributed by atoms with Gasteiger partial charge in [0, 0.05) is 45.5 Å². The van der Waals surface area contributed by atoms with Crippen LogP contribution in [-0.4, -0.2) is 52.8 Å². The number of nitrogens with zero attached hydrogens (tertiary/aromatic N) is 6. The van der Waals surface area contributed by atoms with E-state index in [0.29, 0.717) is 12.6 Å². The van der Waals surface area contributed by atoms with Gasteiger partial charge in [-0.05, 0) is 36.5 Å². The number of imidazole rings is 1. The van der Waals surface area contributed by atoms with Gasteiger partial charge in [-0.3, -0.25) is 4.90 Å². The maximum atomic E-state index is 9.99. The first-order chi connectivity index (χ1) is 15.1. The minimum absolute atomic E-state index is 0.253. The molecule has 0 saturated carbocycles. The SMILES string of the molecule is CCc1cc(C(C#N)N2CCC[C@@H]2COC)ccc1N(C)c1cc2c(cn1)ncn2C. The Balaban J connectivity index is 1.65. The van der Waals surface area contributed by atoms with Gasteiger partial charge in [-0.25, -0.2) is 9.97 Å². The fourth-order valence-corrected chi connectivity index (χ4v) is 4.62. The molecule has 4 rings (SSSR count). The molecule has 1 aromatic carbocycles. The van der Waals surface area contributed by atoms with E-state index in [1.807, 2.05) is 24.9 Å². The summed E-state index contributed by atoms with van der Waals surface area (Å²) in [6, 6.07) is 11.0. The fourth-order valence-electron chi connectivity index (χ4n) is 4.62. The highest BCUT2D eigenvalue weighted by molar-refractivity contribution is 5.79. The lowest BCUT2D eigenvalue weighted by Gasteiger charge is -2.29. The number of aromatic nitrogens is 3. The standard InChI is InChI=1S/C24H30N6O/c1-5-17-11-18(23(13-25)30-10-6-7-19(30)15-31-4)8-9-21(17)29(3)24-12-22-20(14-26-24)27-16-28(22)2/h8-9,11-12,14,16,19,23H,5-7,10,15H2,1-4H3/t19-,23?/m1/s1. The third kappa shape index (κ3) is 4.01. The van der Waals surface area contributed by atoms with Crippen LogP contribution in [0.15, 0.2) is 36.8 Å².